The van der Waals surface area contributed by atoms with Crippen LogP contribution in [0.4, 0.5) is 0 Å². The molecule has 0 aliphatic rings. The summed E-state index contributed by atoms with van der Waals surface area (Å²) in [6.45, 7) is 8.20. The lowest BCUT2D eigenvalue weighted by molar-refractivity contribution is 0.0734. The highest BCUT2D eigenvalue weighted by molar-refractivity contribution is 5.91. The maximum atomic E-state index is 12.6. The van der Waals surface area contributed by atoms with Gasteiger partial charge in [-0.2, -0.15) is 0 Å². The molecule has 0 fully saturated rings. The van der Waals surface area contributed by atoms with Crippen molar-refractivity contribution in [2.45, 2.75) is 27.7 Å². The third-order valence-corrected chi connectivity index (χ3v) is 6.35. The summed E-state index contributed by atoms with van der Waals surface area (Å²) in [6, 6.07) is 32.4. The van der Waals surface area contributed by atoms with E-state index in [1.807, 2.05) is 56.4 Å². The molecule has 0 radical (unpaired) electrons. The number of carbonyl (C=O) groups excluding carboxylic acids is 1. The number of benzene rings is 4. The van der Waals surface area contributed by atoms with Crippen molar-refractivity contribution in [3.63, 3.8) is 0 Å². The van der Waals surface area contributed by atoms with E-state index in [1.165, 1.54) is 22.3 Å². The first kappa shape index (κ1) is 24.2. The van der Waals surface area contributed by atoms with Crippen molar-refractivity contribution in [2.75, 3.05) is 0 Å². The van der Waals surface area contributed by atoms with Gasteiger partial charge in [0.15, 0.2) is 0 Å². The molecule has 37 heavy (non-hydrogen) atoms. The lowest BCUT2D eigenvalue weighted by atomic mass is 9.93. The van der Waals surface area contributed by atoms with Gasteiger partial charge >= 0.3 is 5.97 Å². The van der Waals surface area contributed by atoms with Crippen LogP contribution in [0.5, 0.6) is 5.75 Å². The third kappa shape index (κ3) is 5.52. The lowest BCUT2D eigenvalue weighted by Crippen LogP contribution is -2.09. The molecule has 5 aromatic rings. The molecule has 182 valence electrons. The van der Waals surface area contributed by atoms with E-state index in [1.54, 1.807) is 12.1 Å². The van der Waals surface area contributed by atoms with Crippen molar-refractivity contribution < 1.29 is 9.53 Å². The molecule has 0 N–H and O–H groups in total. The van der Waals surface area contributed by atoms with Crippen LogP contribution in [0.3, 0.4) is 0 Å². The Labute approximate surface area is 218 Å². The van der Waals surface area contributed by atoms with Crippen molar-refractivity contribution in [3.8, 4) is 39.3 Å². The second kappa shape index (κ2) is 10.2. The first-order valence-electron chi connectivity index (χ1n) is 12.4. The largest absolute Gasteiger partial charge is 0.423 e. The zero-order valence-corrected chi connectivity index (χ0v) is 21.6. The molecule has 0 unspecified atom stereocenters. The topological polar surface area (TPSA) is 39.2 Å². The van der Waals surface area contributed by atoms with Gasteiger partial charge in [0.25, 0.3) is 0 Å². The molecule has 3 heteroatoms. The lowest BCUT2D eigenvalue weighted by Gasteiger charge is -2.12. The Hall–Kier alpha value is -4.50. The smallest absolute Gasteiger partial charge is 0.343 e. The summed E-state index contributed by atoms with van der Waals surface area (Å²) < 4.78 is 5.59. The Morgan fingerprint density at radius 2 is 1.14 bits per heavy atom. The molecular formula is C34H29NO2. The average Bonchev–Trinajstić information content (AvgIpc) is 2.88. The Morgan fingerprint density at radius 1 is 0.595 bits per heavy atom. The zero-order valence-electron chi connectivity index (χ0n) is 21.6. The second-order valence-electron chi connectivity index (χ2n) is 9.64. The number of esters is 1. The Balaban J connectivity index is 1.36. The van der Waals surface area contributed by atoms with Crippen LogP contribution in [0.2, 0.25) is 0 Å². The summed E-state index contributed by atoms with van der Waals surface area (Å²) in [4.78, 5) is 17.3. The van der Waals surface area contributed by atoms with Gasteiger partial charge in [-0.1, -0.05) is 76.9 Å². The first-order chi connectivity index (χ1) is 17.9. The summed E-state index contributed by atoms with van der Waals surface area (Å²) in [5, 5.41) is 0. The second-order valence-corrected chi connectivity index (χ2v) is 9.64. The van der Waals surface area contributed by atoms with Crippen molar-refractivity contribution in [3.05, 3.63) is 131 Å². The predicted octanol–water partition coefficient (Wildman–Crippen LogP) is 8.54. The number of carbonyl (C=O) groups is 1. The van der Waals surface area contributed by atoms with E-state index in [2.05, 4.69) is 62.4 Å². The number of rotatable bonds is 5. The van der Waals surface area contributed by atoms with Crippen LogP contribution < -0.4 is 4.74 Å². The minimum atomic E-state index is -0.357. The molecular weight excluding hydrogens is 454 g/mol. The summed E-state index contributed by atoms with van der Waals surface area (Å²) >= 11 is 0. The molecule has 1 aromatic heterocycles. The van der Waals surface area contributed by atoms with Crippen LogP contribution in [-0.4, -0.2) is 11.0 Å². The zero-order chi connectivity index (χ0) is 25.9. The normalized spacial score (nSPS) is 10.8. The Kier molecular flexibility index (Phi) is 6.70. The predicted molar refractivity (Wildman–Crippen MR) is 151 cm³/mol. The van der Waals surface area contributed by atoms with Gasteiger partial charge in [0.2, 0.25) is 0 Å². The molecule has 0 atom stereocenters. The van der Waals surface area contributed by atoms with Crippen molar-refractivity contribution >= 4 is 5.97 Å². The molecule has 0 saturated heterocycles. The number of aryl methyl sites for hydroxylation is 4. The van der Waals surface area contributed by atoms with Crippen LogP contribution in [0.1, 0.15) is 32.6 Å². The molecule has 0 aliphatic carbocycles. The number of hydrogen-bond donors (Lipinski definition) is 0. The van der Waals surface area contributed by atoms with E-state index in [0.717, 1.165) is 33.5 Å². The SMILES string of the molecule is Cc1cc(C)cc(C(=O)Oc2ccc(-c3ccc(-c4ccccc4-c4cc(C)cc(C)c4)cn3)cc2)c1. The molecule has 0 spiro atoms. The van der Waals surface area contributed by atoms with Crippen molar-refractivity contribution in [1.82, 2.24) is 4.98 Å². The number of hydrogen-bond acceptors (Lipinski definition) is 3. The van der Waals surface area contributed by atoms with Crippen molar-refractivity contribution in [1.29, 1.82) is 0 Å². The molecule has 0 amide bonds. The number of aromatic nitrogens is 1. The van der Waals surface area contributed by atoms with Crippen LogP contribution in [0.25, 0.3) is 33.5 Å². The average molecular weight is 484 g/mol. The summed E-state index contributed by atoms with van der Waals surface area (Å²) in [7, 11) is 0. The molecule has 5 rings (SSSR count). The maximum absolute atomic E-state index is 12.6. The van der Waals surface area contributed by atoms with Gasteiger partial charge in [0.1, 0.15) is 5.75 Å². The maximum Gasteiger partial charge on any atom is 0.343 e. The minimum absolute atomic E-state index is 0.357. The van der Waals surface area contributed by atoms with Gasteiger partial charge < -0.3 is 4.74 Å². The standard InChI is InChI=1S/C34H29NO2/c1-22-15-23(2)18-28(17-22)32-8-6-5-7-31(32)27-11-14-33(35-21-27)26-9-12-30(13-10-26)37-34(36)29-19-24(3)16-25(4)20-29/h5-21H,1-4H3. The van der Waals surface area contributed by atoms with Crippen LogP contribution >= 0.6 is 0 Å². The van der Waals surface area contributed by atoms with Gasteiger partial charge in [-0.25, -0.2) is 4.79 Å². The van der Waals surface area contributed by atoms with E-state index in [-0.39, 0.29) is 5.97 Å². The molecule has 0 bridgehead atoms. The van der Waals surface area contributed by atoms with Gasteiger partial charge in [-0.15, -0.1) is 0 Å². The van der Waals surface area contributed by atoms with E-state index in [9.17, 15) is 4.79 Å². The molecule has 0 saturated carbocycles. The monoisotopic (exact) mass is 483 g/mol. The fraction of sp³-hybridized carbons (Fsp3) is 0.118. The van der Waals surface area contributed by atoms with E-state index in [4.69, 9.17) is 9.72 Å². The number of ether oxygens (including phenoxy) is 1. The van der Waals surface area contributed by atoms with Gasteiger partial charge in [0, 0.05) is 17.3 Å². The fourth-order valence-electron chi connectivity index (χ4n) is 4.79. The van der Waals surface area contributed by atoms with Gasteiger partial charge in [0.05, 0.1) is 11.3 Å². The van der Waals surface area contributed by atoms with Crippen LogP contribution in [-0.2, 0) is 0 Å². The molecule has 1 heterocycles. The number of nitrogens with zero attached hydrogens (tertiary/aromatic N) is 1. The van der Waals surface area contributed by atoms with Crippen LogP contribution in [0.15, 0.2) is 103 Å². The van der Waals surface area contributed by atoms with E-state index >= 15 is 0 Å². The number of pyridine rings is 1. The highest BCUT2D eigenvalue weighted by Gasteiger charge is 2.11. The molecule has 4 aromatic carbocycles. The fourth-order valence-corrected chi connectivity index (χ4v) is 4.79. The van der Waals surface area contributed by atoms with Gasteiger partial charge in [-0.05, 0) is 86.8 Å². The highest BCUT2D eigenvalue weighted by Crippen LogP contribution is 2.33. The van der Waals surface area contributed by atoms with E-state index in [0.29, 0.717) is 11.3 Å². The van der Waals surface area contributed by atoms with Crippen LogP contribution in [0, 0.1) is 27.7 Å². The highest BCUT2D eigenvalue weighted by atomic mass is 16.5. The van der Waals surface area contributed by atoms with Crippen molar-refractivity contribution in [2.24, 2.45) is 0 Å². The first-order valence-corrected chi connectivity index (χ1v) is 12.4. The Bertz CT molecular complexity index is 1540. The quantitative estimate of drug-likeness (QED) is 0.186. The third-order valence-electron chi connectivity index (χ3n) is 6.35. The van der Waals surface area contributed by atoms with E-state index < -0.39 is 0 Å². The molecule has 3 nitrogen and oxygen atoms in total. The van der Waals surface area contributed by atoms with Gasteiger partial charge in [-0.3, -0.25) is 4.98 Å². The molecule has 0 aliphatic heterocycles. The summed E-state index contributed by atoms with van der Waals surface area (Å²) in [5.74, 6) is 0.149. The Morgan fingerprint density at radius 3 is 1.70 bits per heavy atom. The minimum Gasteiger partial charge on any atom is -0.423 e. The summed E-state index contributed by atoms with van der Waals surface area (Å²) in [5.41, 5.74) is 11.6. The summed E-state index contributed by atoms with van der Waals surface area (Å²) in [6.07, 6.45) is 1.92.